The lowest BCUT2D eigenvalue weighted by atomic mass is 10.1. The number of aromatic nitrogens is 2. The van der Waals surface area contributed by atoms with Crippen LogP contribution in [0.25, 0.3) is 5.69 Å². The molecule has 198 valence electrons. The minimum Gasteiger partial charge on any atom is -0.338 e. The van der Waals surface area contributed by atoms with Crippen molar-refractivity contribution in [3.63, 3.8) is 0 Å². The molecule has 3 heterocycles. The van der Waals surface area contributed by atoms with Crippen LogP contribution in [0.2, 0.25) is 0 Å². The van der Waals surface area contributed by atoms with E-state index in [1.165, 1.54) is 4.57 Å². The Morgan fingerprint density at radius 1 is 1.08 bits per heavy atom. The van der Waals surface area contributed by atoms with Crippen LogP contribution in [-0.4, -0.2) is 93.6 Å². The molecule has 2 saturated heterocycles. The first-order valence-electron chi connectivity index (χ1n) is 12.9. The lowest BCUT2D eigenvalue weighted by Gasteiger charge is -2.37. The first-order chi connectivity index (χ1) is 17.6. The summed E-state index contributed by atoms with van der Waals surface area (Å²) in [4.78, 5) is 47.6. The van der Waals surface area contributed by atoms with Gasteiger partial charge in [-0.25, -0.2) is 9.59 Å². The number of piperazine rings is 1. The second kappa shape index (κ2) is 9.88. The highest BCUT2D eigenvalue weighted by Gasteiger charge is 2.53. The molecule has 5 N–H and O–H groups in total. The van der Waals surface area contributed by atoms with Crippen molar-refractivity contribution in [3.05, 3.63) is 52.6 Å². The van der Waals surface area contributed by atoms with Gasteiger partial charge >= 0.3 is 11.7 Å². The number of rotatable bonds is 6. The van der Waals surface area contributed by atoms with E-state index in [0.29, 0.717) is 44.1 Å². The molecule has 2 aromatic rings. The molecule has 0 spiro atoms. The lowest BCUT2D eigenvalue weighted by molar-refractivity contribution is -0.137. The zero-order valence-electron chi connectivity index (χ0n) is 21.5. The van der Waals surface area contributed by atoms with Crippen LogP contribution in [0.5, 0.6) is 0 Å². The second-order valence-corrected chi connectivity index (χ2v) is 11.0. The van der Waals surface area contributed by atoms with E-state index in [1.807, 2.05) is 18.2 Å². The van der Waals surface area contributed by atoms with Crippen molar-refractivity contribution in [1.29, 1.82) is 0 Å². The zero-order valence-corrected chi connectivity index (χ0v) is 21.5. The Labute approximate surface area is 216 Å². The Balaban J connectivity index is 1.16. The summed E-state index contributed by atoms with van der Waals surface area (Å²) >= 11 is 0. The van der Waals surface area contributed by atoms with Crippen molar-refractivity contribution < 1.29 is 9.59 Å². The van der Waals surface area contributed by atoms with Gasteiger partial charge in [-0.15, -0.1) is 0 Å². The molecule has 1 saturated carbocycles. The molecular formula is C26H36N8O3. The Hall–Kier alpha value is -3.28. The normalized spacial score (nSPS) is 23.6. The fourth-order valence-electron chi connectivity index (χ4n) is 5.37. The van der Waals surface area contributed by atoms with Gasteiger partial charge < -0.3 is 26.2 Å². The topological polar surface area (TPSA) is 143 Å². The van der Waals surface area contributed by atoms with Crippen LogP contribution < -0.4 is 22.5 Å². The van der Waals surface area contributed by atoms with E-state index in [0.717, 1.165) is 37.3 Å². The van der Waals surface area contributed by atoms with E-state index in [1.54, 1.807) is 35.9 Å². The number of anilines is 1. The SMILES string of the molecule is CC(C)(N)C(=O)N1CCN(C(=O)Nc2ccn(-c3cccc(CCN4CC5C(N)C5C4)c3)c(=O)n2)CC1. The molecule has 2 unspecified atom stereocenters. The summed E-state index contributed by atoms with van der Waals surface area (Å²) in [5.41, 5.74) is 12.4. The summed E-state index contributed by atoms with van der Waals surface area (Å²) in [5.74, 6) is 1.40. The number of piperidine rings is 1. The van der Waals surface area contributed by atoms with E-state index < -0.39 is 11.2 Å². The molecular weight excluding hydrogens is 472 g/mol. The monoisotopic (exact) mass is 508 g/mol. The molecule has 3 fully saturated rings. The van der Waals surface area contributed by atoms with Gasteiger partial charge in [-0.2, -0.15) is 4.98 Å². The second-order valence-electron chi connectivity index (χ2n) is 11.0. The lowest BCUT2D eigenvalue weighted by Crippen LogP contribution is -2.58. The maximum Gasteiger partial charge on any atom is 0.354 e. The standard InChI is InChI=1S/C26H36N8O3/c1-26(2,28)23(35)32-10-12-33(13-11-32)24(36)29-21-7-9-34(25(37)30-21)18-5-3-4-17(14-18)6-8-31-15-19-20(16-31)22(19)27/h3-5,7,9,14,19-20,22H,6,8,10-13,15-16,27-28H2,1-2H3,(H,29,30,36,37). The molecule has 2 atom stereocenters. The van der Waals surface area contributed by atoms with Gasteiger partial charge in [0.25, 0.3) is 0 Å². The number of nitrogens with two attached hydrogens (primary N) is 2. The number of hydrogen-bond donors (Lipinski definition) is 3. The van der Waals surface area contributed by atoms with Crippen molar-refractivity contribution in [1.82, 2.24) is 24.3 Å². The number of fused-ring (bicyclic) bond motifs is 1. The van der Waals surface area contributed by atoms with Crippen LogP contribution >= 0.6 is 0 Å². The Morgan fingerprint density at radius 3 is 2.41 bits per heavy atom. The maximum absolute atomic E-state index is 12.8. The minimum absolute atomic E-state index is 0.140. The average Bonchev–Trinajstić information content (AvgIpc) is 3.25. The highest BCUT2D eigenvalue weighted by atomic mass is 16.2. The highest BCUT2D eigenvalue weighted by molar-refractivity contribution is 5.89. The highest BCUT2D eigenvalue weighted by Crippen LogP contribution is 2.43. The third kappa shape index (κ3) is 5.53. The van der Waals surface area contributed by atoms with Crippen LogP contribution in [0, 0.1) is 11.8 Å². The molecule has 3 aliphatic rings. The molecule has 11 nitrogen and oxygen atoms in total. The van der Waals surface area contributed by atoms with Gasteiger partial charge in [0, 0.05) is 58.1 Å². The number of urea groups is 1. The van der Waals surface area contributed by atoms with E-state index in [-0.39, 0.29) is 17.8 Å². The predicted octanol–water partition coefficient (Wildman–Crippen LogP) is 0.0773. The van der Waals surface area contributed by atoms with Crippen LogP contribution in [0.15, 0.2) is 41.3 Å². The van der Waals surface area contributed by atoms with Gasteiger partial charge in [-0.1, -0.05) is 12.1 Å². The number of carbonyl (C=O) groups is 2. The van der Waals surface area contributed by atoms with Crippen molar-refractivity contribution in [2.24, 2.45) is 23.3 Å². The van der Waals surface area contributed by atoms with Crippen LogP contribution in [0.3, 0.4) is 0 Å². The van der Waals surface area contributed by atoms with Crippen LogP contribution in [0.4, 0.5) is 10.6 Å². The maximum atomic E-state index is 12.8. The molecule has 2 aliphatic heterocycles. The van der Waals surface area contributed by atoms with Crippen molar-refractivity contribution in [2.75, 3.05) is 51.1 Å². The summed E-state index contributed by atoms with van der Waals surface area (Å²) in [7, 11) is 0. The molecule has 1 aromatic carbocycles. The predicted molar refractivity (Wildman–Crippen MR) is 140 cm³/mol. The third-order valence-corrected chi connectivity index (χ3v) is 7.69. The number of benzene rings is 1. The Morgan fingerprint density at radius 2 is 1.76 bits per heavy atom. The number of hydrogen-bond acceptors (Lipinski definition) is 7. The van der Waals surface area contributed by atoms with E-state index >= 15 is 0 Å². The Kier molecular flexibility index (Phi) is 6.78. The van der Waals surface area contributed by atoms with Gasteiger partial charge in [0.05, 0.1) is 11.2 Å². The molecule has 37 heavy (non-hydrogen) atoms. The first kappa shape index (κ1) is 25.4. The largest absolute Gasteiger partial charge is 0.354 e. The van der Waals surface area contributed by atoms with Crippen LogP contribution in [0.1, 0.15) is 19.4 Å². The molecule has 1 aromatic heterocycles. The summed E-state index contributed by atoms with van der Waals surface area (Å²) in [6, 6.07) is 9.55. The fraction of sp³-hybridized carbons (Fsp3) is 0.538. The third-order valence-electron chi connectivity index (χ3n) is 7.69. The number of nitrogens with one attached hydrogen (secondary N) is 1. The van der Waals surface area contributed by atoms with E-state index in [2.05, 4.69) is 21.3 Å². The van der Waals surface area contributed by atoms with Gasteiger partial charge in [0.1, 0.15) is 5.82 Å². The van der Waals surface area contributed by atoms with Crippen molar-refractivity contribution in [2.45, 2.75) is 31.8 Å². The molecule has 0 radical (unpaired) electrons. The minimum atomic E-state index is -0.944. The fourth-order valence-corrected chi connectivity index (χ4v) is 5.37. The molecule has 11 heteroatoms. The Bertz CT molecular complexity index is 1220. The summed E-state index contributed by atoms with van der Waals surface area (Å²) in [6.07, 6.45) is 2.53. The first-order valence-corrected chi connectivity index (χ1v) is 12.9. The van der Waals surface area contributed by atoms with E-state index in [9.17, 15) is 14.4 Å². The summed E-state index contributed by atoms with van der Waals surface area (Å²) in [5, 5.41) is 2.70. The number of nitrogens with zero attached hydrogens (tertiary/aromatic N) is 5. The van der Waals surface area contributed by atoms with Crippen LogP contribution in [-0.2, 0) is 11.2 Å². The summed E-state index contributed by atoms with van der Waals surface area (Å²) < 4.78 is 1.47. The van der Waals surface area contributed by atoms with Gasteiger partial charge in [-0.05, 0) is 55.9 Å². The van der Waals surface area contributed by atoms with Crippen molar-refractivity contribution >= 4 is 17.8 Å². The van der Waals surface area contributed by atoms with Gasteiger partial charge in [-0.3, -0.25) is 14.7 Å². The molecule has 1 aliphatic carbocycles. The number of amides is 3. The van der Waals surface area contributed by atoms with E-state index in [4.69, 9.17) is 11.5 Å². The zero-order chi connectivity index (χ0) is 26.3. The average molecular weight is 509 g/mol. The number of carbonyl (C=O) groups excluding carboxylic acids is 2. The van der Waals surface area contributed by atoms with Crippen molar-refractivity contribution in [3.8, 4) is 5.69 Å². The summed E-state index contributed by atoms with van der Waals surface area (Å²) in [6.45, 7) is 8.07. The smallest absolute Gasteiger partial charge is 0.338 e. The molecule has 0 bridgehead atoms. The van der Waals surface area contributed by atoms with Gasteiger partial charge in [0.15, 0.2) is 0 Å². The molecule has 5 rings (SSSR count). The molecule has 3 amide bonds. The number of likely N-dealkylation sites (tertiary alicyclic amines) is 1. The quantitative estimate of drug-likeness (QED) is 0.501. The van der Waals surface area contributed by atoms with Gasteiger partial charge in [0.2, 0.25) is 5.91 Å².